The number of thioether (sulfide) groups is 1. The molecule has 3 aromatic rings. The number of halogens is 1. The van der Waals surface area contributed by atoms with Crippen LogP contribution in [-0.2, 0) is 16.0 Å². The van der Waals surface area contributed by atoms with Gasteiger partial charge in [0.05, 0.1) is 10.6 Å². The third kappa shape index (κ3) is 5.16. The number of aliphatic carboxylic acids is 1. The summed E-state index contributed by atoms with van der Waals surface area (Å²) in [5.41, 5.74) is 4.18. The molecule has 2 aromatic carbocycles. The molecule has 0 unspecified atom stereocenters. The van der Waals surface area contributed by atoms with Gasteiger partial charge in [0.2, 0.25) is 0 Å². The van der Waals surface area contributed by atoms with Crippen molar-refractivity contribution in [3.05, 3.63) is 93.5 Å². The molecule has 33 heavy (non-hydrogen) atoms. The minimum absolute atomic E-state index is 0.172. The Labute approximate surface area is 206 Å². The van der Waals surface area contributed by atoms with Crippen molar-refractivity contribution in [2.75, 3.05) is 0 Å². The van der Waals surface area contributed by atoms with Crippen LogP contribution in [0.15, 0.2) is 71.8 Å². The van der Waals surface area contributed by atoms with Crippen LogP contribution in [0.3, 0.4) is 0 Å². The van der Waals surface area contributed by atoms with Gasteiger partial charge in [0.15, 0.2) is 0 Å². The Bertz CT molecular complexity index is 1260. The average Bonchev–Trinajstić information content (AvgIpc) is 3.07. The Balaban J connectivity index is 1.55. The lowest BCUT2D eigenvalue weighted by atomic mass is 10.0. The summed E-state index contributed by atoms with van der Waals surface area (Å²) in [6, 6.07) is 17.6. The standard InChI is InChI=1S/C25H19ClN2O3S2/c1-15-7-9-18(13-19(15)26)20-10-8-17(14-27-20)12-22-23(29)28(25(32)33-22)21(24(30)31)11-16-5-3-2-4-6-16/h2-10,12-14,21H,11H2,1H3,(H,30,31)/b22-12-/t21-/m0/s1. The first-order valence-corrected chi connectivity index (χ1v) is 11.7. The summed E-state index contributed by atoms with van der Waals surface area (Å²) < 4.78 is 0.230. The molecule has 5 nitrogen and oxygen atoms in total. The molecule has 1 N–H and O–H groups in total. The van der Waals surface area contributed by atoms with Crippen molar-refractivity contribution in [3.63, 3.8) is 0 Å². The van der Waals surface area contributed by atoms with Crippen LogP contribution in [0.4, 0.5) is 0 Å². The number of carbonyl (C=O) groups excluding carboxylic acids is 1. The molecule has 1 fully saturated rings. The number of pyridine rings is 1. The molecule has 0 bridgehead atoms. The predicted octanol–water partition coefficient (Wildman–Crippen LogP) is 5.61. The van der Waals surface area contributed by atoms with E-state index in [0.717, 1.165) is 34.1 Å². The number of nitrogens with zero attached hydrogens (tertiary/aromatic N) is 2. The molecule has 1 atom stereocenters. The summed E-state index contributed by atoms with van der Waals surface area (Å²) in [6.07, 6.45) is 3.51. The van der Waals surface area contributed by atoms with Crippen molar-refractivity contribution in [3.8, 4) is 11.3 Å². The van der Waals surface area contributed by atoms with Crippen molar-refractivity contribution in [2.45, 2.75) is 19.4 Å². The Morgan fingerprint density at radius 2 is 1.97 bits per heavy atom. The van der Waals surface area contributed by atoms with Crippen LogP contribution in [0, 0.1) is 6.92 Å². The van der Waals surface area contributed by atoms with Gasteiger partial charge < -0.3 is 5.11 Å². The number of aryl methyl sites for hydroxylation is 1. The van der Waals surface area contributed by atoms with E-state index >= 15 is 0 Å². The highest BCUT2D eigenvalue weighted by atomic mass is 35.5. The topological polar surface area (TPSA) is 70.5 Å². The number of carbonyl (C=O) groups is 2. The Morgan fingerprint density at radius 3 is 2.61 bits per heavy atom. The van der Waals surface area contributed by atoms with E-state index in [4.69, 9.17) is 23.8 Å². The van der Waals surface area contributed by atoms with E-state index in [0.29, 0.717) is 15.5 Å². The fourth-order valence-corrected chi connectivity index (χ4v) is 4.98. The maximum absolute atomic E-state index is 13.1. The smallest absolute Gasteiger partial charge is 0.327 e. The van der Waals surface area contributed by atoms with Gasteiger partial charge in [-0.1, -0.05) is 84.1 Å². The molecule has 1 aromatic heterocycles. The molecule has 0 spiro atoms. The van der Waals surface area contributed by atoms with Crippen LogP contribution in [-0.4, -0.2) is 37.2 Å². The number of hydrogen-bond acceptors (Lipinski definition) is 5. The third-order valence-electron chi connectivity index (χ3n) is 5.24. The summed E-state index contributed by atoms with van der Waals surface area (Å²) in [6.45, 7) is 1.94. The van der Waals surface area contributed by atoms with Gasteiger partial charge >= 0.3 is 5.97 Å². The van der Waals surface area contributed by atoms with Crippen molar-refractivity contribution < 1.29 is 14.7 Å². The van der Waals surface area contributed by atoms with E-state index in [9.17, 15) is 14.7 Å². The fraction of sp³-hybridized carbons (Fsp3) is 0.120. The molecular formula is C25H19ClN2O3S2. The molecule has 8 heteroatoms. The van der Waals surface area contributed by atoms with E-state index in [1.165, 1.54) is 4.90 Å². The minimum atomic E-state index is -1.10. The number of rotatable bonds is 6. The first-order chi connectivity index (χ1) is 15.8. The number of hydrogen-bond donors (Lipinski definition) is 1. The fourth-order valence-electron chi connectivity index (χ4n) is 3.44. The first-order valence-electron chi connectivity index (χ1n) is 10.1. The number of carboxylic acids is 1. The van der Waals surface area contributed by atoms with E-state index < -0.39 is 17.9 Å². The zero-order chi connectivity index (χ0) is 23.5. The lowest BCUT2D eigenvalue weighted by Crippen LogP contribution is -2.45. The van der Waals surface area contributed by atoms with Crippen molar-refractivity contribution in [1.82, 2.24) is 9.88 Å². The highest BCUT2D eigenvalue weighted by Crippen LogP contribution is 2.35. The van der Waals surface area contributed by atoms with Gasteiger partial charge in [0, 0.05) is 23.2 Å². The molecular weight excluding hydrogens is 476 g/mol. The Morgan fingerprint density at radius 1 is 1.21 bits per heavy atom. The van der Waals surface area contributed by atoms with Gasteiger partial charge in [-0.05, 0) is 41.8 Å². The Kier molecular flexibility index (Phi) is 6.93. The SMILES string of the molecule is Cc1ccc(-c2ccc(/C=C3\SC(=S)N([C@@H](Cc4ccccc4)C(=O)O)C3=O)cn2)cc1Cl. The van der Waals surface area contributed by atoms with Crippen molar-refractivity contribution in [2.24, 2.45) is 0 Å². The zero-order valence-corrected chi connectivity index (χ0v) is 20.0. The van der Waals surface area contributed by atoms with Gasteiger partial charge in [-0.15, -0.1) is 0 Å². The molecule has 1 aliphatic rings. The lowest BCUT2D eigenvalue weighted by molar-refractivity contribution is -0.145. The van der Waals surface area contributed by atoms with E-state index in [-0.39, 0.29) is 10.7 Å². The van der Waals surface area contributed by atoms with Crippen LogP contribution in [0.2, 0.25) is 5.02 Å². The van der Waals surface area contributed by atoms with Gasteiger partial charge in [-0.2, -0.15) is 0 Å². The molecule has 0 saturated carbocycles. The number of aromatic nitrogens is 1. The lowest BCUT2D eigenvalue weighted by Gasteiger charge is -2.23. The second kappa shape index (κ2) is 9.87. The quantitative estimate of drug-likeness (QED) is 0.355. The molecule has 0 radical (unpaired) electrons. The van der Waals surface area contributed by atoms with Crippen LogP contribution >= 0.6 is 35.6 Å². The summed E-state index contributed by atoms with van der Waals surface area (Å²) in [5.74, 6) is -1.51. The molecule has 4 rings (SSSR count). The maximum Gasteiger partial charge on any atom is 0.327 e. The monoisotopic (exact) mass is 494 g/mol. The molecule has 0 aliphatic carbocycles. The van der Waals surface area contributed by atoms with E-state index in [1.54, 1.807) is 12.3 Å². The third-order valence-corrected chi connectivity index (χ3v) is 6.98. The molecule has 2 heterocycles. The average molecular weight is 495 g/mol. The number of thiocarbonyl (C=S) groups is 1. The Hall–Kier alpha value is -3.00. The summed E-state index contributed by atoms with van der Waals surface area (Å²) >= 11 is 12.7. The highest BCUT2D eigenvalue weighted by Gasteiger charge is 2.40. The summed E-state index contributed by atoms with van der Waals surface area (Å²) in [5, 5.41) is 10.5. The normalized spacial score (nSPS) is 15.8. The van der Waals surface area contributed by atoms with Crippen molar-refractivity contribution >= 4 is 57.9 Å². The van der Waals surface area contributed by atoms with Crippen LogP contribution in [0.5, 0.6) is 0 Å². The number of carboxylic acid groups (broad SMARTS) is 1. The molecule has 166 valence electrons. The van der Waals surface area contributed by atoms with E-state index in [2.05, 4.69) is 4.98 Å². The second-order valence-corrected chi connectivity index (χ2v) is 9.62. The van der Waals surface area contributed by atoms with Crippen LogP contribution in [0.25, 0.3) is 17.3 Å². The van der Waals surface area contributed by atoms with Gasteiger partial charge in [-0.3, -0.25) is 14.7 Å². The highest BCUT2D eigenvalue weighted by molar-refractivity contribution is 8.26. The predicted molar refractivity (Wildman–Crippen MR) is 136 cm³/mol. The summed E-state index contributed by atoms with van der Waals surface area (Å²) in [4.78, 5) is 31.1. The largest absolute Gasteiger partial charge is 0.480 e. The van der Waals surface area contributed by atoms with Gasteiger partial charge in [0.1, 0.15) is 10.4 Å². The van der Waals surface area contributed by atoms with Gasteiger partial charge in [-0.25, -0.2) is 4.79 Å². The van der Waals surface area contributed by atoms with Crippen LogP contribution in [0.1, 0.15) is 16.7 Å². The molecule has 1 aliphatic heterocycles. The van der Waals surface area contributed by atoms with Crippen molar-refractivity contribution in [1.29, 1.82) is 0 Å². The molecule has 1 saturated heterocycles. The van der Waals surface area contributed by atoms with E-state index in [1.807, 2.05) is 67.6 Å². The summed E-state index contributed by atoms with van der Waals surface area (Å²) in [7, 11) is 0. The van der Waals surface area contributed by atoms with Crippen LogP contribution < -0.4 is 0 Å². The number of benzene rings is 2. The van der Waals surface area contributed by atoms with Gasteiger partial charge in [0.25, 0.3) is 5.91 Å². The second-order valence-electron chi connectivity index (χ2n) is 7.54. The maximum atomic E-state index is 13.1. The first kappa shape index (κ1) is 23.2. The minimum Gasteiger partial charge on any atom is -0.480 e. The number of amides is 1. The zero-order valence-electron chi connectivity index (χ0n) is 17.6. The molecule has 1 amide bonds.